The highest BCUT2D eigenvalue weighted by molar-refractivity contribution is 5.91. The summed E-state index contributed by atoms with van der Waals surface area (Å²) in [6.07, 6.45) is 10.9. The van der Waals surface area contributed by atoms with Gasteiger partial charge >= 0.3 is 0 Å². The summed E-state index contributed by atoms with van der Waals surface area (Å²) in [5.74, 6) is 1.95. The molecule has 17 heavy (non-hydrogen) atoms. The molecule has 2 unspecified atom stereocenters. The molecular weight excluding hydrogens is 212 g/mol. The van der Waals surface area contributed by atoms with Crippen molar-refractivity contribution in [1.82, 2.24) is 5.43 Å². The van der Waals surface area contributed by atoms with E-state index in [-0.39, 0.29) is 11.8 Å². The van der Waals surface area contributed by atoms with E-state index >= 15 is 0 Å². The zero-order chi connectivity index (χ0) is 11.7. The number of nitrogens with zero attached hydrogens (tertiary/aromatic N) is 1. The van der Waals surface area contributed by atoms with E-state index in [1.54, 1.807) is 0 Å². The molecule has 0 aromatic rings. The van der Waals surface area contributed by atoms with Crippen molar-refractivity contribution in [2.75, 3.05) is 0 Å². The number of amides is 1. The first kappa shape index (κ1) is 11.2. The van der Waals surface area contributed by atoms with Crippen LogP contribution in [0.15, 0.2) is 5.10 Å². The van der Waals surface area contributed by atoms with E-state index < -0.39 is 0 Å². The highest BCUT2D eigenvalue weighted by atomic mass is 16.2. The number of carbonyl (C=O) groups excluding carboxylic acids is 1. The Morgan fingerprint density at radius 1 is 1.12 bits per heavy atom. The summed E-state index contributed by atoms with van der Waals surface area (Å²) >= 11 is 0. The third-order valence-electron chi connectivity index (χ3n) is 4.80. The van der Waals surface area contributed by atoms with Crippen molar-refractivity contribution in [3.05, 3.63) is 0 Å². The van der Waals surface area contributed by atoms with Gasteiger partial charge in [0.15, 0.2) is 0 Å². The molecule has 3 fully saturated rings. The smallest absolute Gasteiger partial charge is 0.243 e. The second-order valence-corrected chi connectivity index (χ2v) is 5.99. The maximum atomic E-state index is 11.9. The van der Waals surface area contributed by atoms with Crippen LogP contribution in [0.3, 0.4) is 0 Å². The minimum absolute atomic E-state index is 0.167. The van der Waals surface area contributed by atoms with Crippen molar-refractivity contribution in [1.29, 1.82) is 0 Å². The number of hydrazone groups is 1. The third kappa shape index (κ3) is 2.38. The van der Waals surface area contributed by atoms with Gasteiger partial charge in [-0.2, -0.15) is 5.10 Å². The second-order valence-electron chi connectivity index (χ2n) is 5.99. The van der Waals surface area contributed by atoms with Gasteiger partial charge in [-0.15, -0.1) is 0 Å². The molecule has 0 spiro atoms. The fraction of sp³-hybridized carbons (Fsp3) is 0.857. The molecule has 0 aliphatic heterocycles. The Morgan fingerprint density at radius 3 is 2.59 bits per heavy atom. The Balaban J connectivity index is 1.53. The average molecular weight is 234 g/mol. The summed E-state index contributed by atoms with van der Waals surface area (Å²) in [4.78, 5) is 11.9. The lowest BCUT2D eigenvalue weighted by Gasteiger charge is -2.20. The quantitative estimate of drug-likeness (QED) is 0.733. The monoisotopic (exact) mass is 234 g/mol. The minimum Gasteiger partial charge on any atom is -0.273 e. The lowest BCUT2D eigenvalue weighted by atomic mass is 9.89. The molecule has 3 rings (SSSR count). The van der Waals surface area contributed by atoms with Crippen LogP contribution in [0, 0.1) is 17.8 Å². The average Bonchev–Trinajstić information content (AvgIpc) is 2.99. The largest absolute Gasteiger partial charge is 0.273 e. The zero-order valence-electron chi connectivity index (χ0n) is 10.5. The molecular formula is C14H22N2O. The first-order valence-corrected chi connectivity index (χ1v) is 7.19. The SMILES string of the molecule is O=C(N/N=C1/CC2CCC1C2)C1CCCCC1. The van der Waals surface area contributed by atoms with Gasteiger partial charge in [0.25, 0.3) is 0 Å². The summed E-state index contributed by atoms with van der Waals surface area (Å²) in [6.45, 7) is 0. The van der Waals surface area contributed by atoms with E-state index in [0.29, 0.717) is 5.92 Å². The van der Waals surface area contributed by atoms with Gasteiger partial charge in [0.2, 0.25) is 5.91 Å². The van der Waals surface area contributed by atoms with Crippen molar-refractivity contribution in [2.45, 2.75) is 57.8 Å². The molecule has 1 amide bonds. The van der Waals surface area contributed by atoms with Crippen LogP contribution in [-0.4, -0.2) is 11.6 Å². The van der Waals surface area contributed by atoms with Crippen LogP contribution in [0.4, 0.5) is 0 Å². The van der Waals surface area contributed by atoms with Gasteiger partial charge in [0.05, 0.1) is 0 Å². The van der Waals surface area contributed by atoms with Gasteiger partial charge in [-0.1, -0.05) is 19.3 Å². The van der Waals surface area contributed by atoms with E-state index in [9.17, 15) is 4.79 Å². The van der Waals surface area contributed by atoms with Crippen molar-refractivity contribution < 1.29 is 4.79 Å². The van der Waals surface area contributed by atoms with E-state index in [2.05, 4.69) is 10.5 Å². The Labute approximate surface area is 103 Å². The molecule has 3 saturated carbocycles. The molecule has 0 radical (unpaired) electrons. The molecule has 3 heteroatoms. The first-order valence-electron chi connectivity index (χ1n) is 7.19. The van der Waals surface area contributed by atoms with Crippen LogP contribution < -0.4 is 5.43 Å². The summed E-state index contributed by atoms with van der Waals surface area (Å²) in [7, 11) is 0. The molecule has 2 bridgehead atoms. The van der Waals surface area contributed by atoms with Gasteiger partial charge in [-0.05, 0) is 50.4 Å². The molecule has 94 valence electrons. The van der Waals surface area contributed by atoms with Gasteiger partial charge in [0.1, 0.15) is 0 Å². The van der Waals surface area contributed by atoms with Gasteiger partial charge < -0.3 is 0 Å². The Hall–Kier alpha value is -0.860. The van der Waals surface area contributed by atoms with Crippen LogP contribution in [0.5, 0.6) is 0 Å². The molecule has 3 aliphatic rings. The number of carbonyl (C=O) groups is 1. The number of hydrogen-bond donors (Lipinski definition) is 1. The summed E-state index contributed by atoms with van der Waals surface area (Å²) in [5, 5.41) is 4.40. The van der Waals surface area contributed by atoms with E-state index in [4.69, 9.17) is 0 Å². The molecule has 3 nitrogen and oxygen atoms in total. The molecule has 3 aliphatic carbocycles. The topological polar surface area (TPSA) is 41.5 Å². The highest BCUT2D eigenvalue weighted by Crippen LogP contribution is 2.42. The highest BCUT2D eigenvalue weighted by Gasteiger charge is 2.36. The van der Waals surface area contributed by atoms with E-state index in [1.165, 1.54) is 44.2 Å². The zero-order valence-corrected chi connectivity index (χ0v) is 10.5. The van der Waals surface area contributed by atoms with Crippen molar-refractivity contribution >= 4 is 11.6 Å². The third-order valence-corrected chi connectivity index (χ3v) is 4.80. The van der Waals surface area contributed by atoms with Crippen LogP contribution >= 0.6 is 0 Å². The second kappa shape index (κ2) is 4.79. The summed E-state index contributed by atoms with van der Waals surface area (Å²) in [6, 6.07) is 0. The summed E-state index contributed by atoms with van der Waals surface area (Å²) in [5.41, 5.74) is 4.10. The fourth-order valence-electron chi connectivity index (χ4n) is 3.75. The maximum absolute atomic E-state index is 11.9. The molecule has 1 N–H and O–H groups in total. The Bertz CT molecular complexity index is 331. The van der Waals surface area contributed by atoms with Crippen LogP contribution in [0.1, 0.15) is 57.8 Å². The standard InChI is InChI=1S/C14H22N2O/c17-14(11-4-2-1-3-5-11)16-15-13-9-10-6-7-12(13)8-10/h10-12H,1-9H2,(H,16,17)/b15-13-. The molecule has 0 saturated heterocycles. The van der Waals surface area contributed by atoms with Crippen LogP contribution in [0.2, 0.25) is 0 Å². The predicted octanol–water partition coefficient (Wildman–Crippen LogP) is 2.86. The molecule has 2 atom stereocenters. The normalized spacial score (nSPS) is 35.4. The number of nitrogens with one attached hydrogen (secondary N) is 1. The number of hydrogen-bond acceptors (Lipinski definition) is 2. The minimum atomic E-state index is 0.167. The Kier molecular flexibility index (Phi) is 3.17. The predicted molar refractivity (Wildman–Crippen MR) is 67.6 cm³/mol. The first-order chi connectivity index (χ1) is 8.33. The number of rotatable bonds is 2. The van der Waals surface area contributed by atoms with Crippen LogP contribution in [-0.2, 0) is 4.79 Å². The lowest BCUT2D eigenvalue weighted by Crippen LogP contribution is -2.30. The molecule has 0 heterocycles. The van der Waals surface area contributed by atoms with Gasteiger partial charge in [-0.25, -0.2) is 5.43 Å². The van der Waals surface area contributed by atoms with Gasteiger partial charge in [-0.3, -0.25) is 4.79 Å². The maximum Gasteiger partial charge on any atom is 0.243 e. The number of fused-ring (bicyclic) bond motifs is 2. The van der Waals surface area contributed by atoms with Crippen molar-refractivity contribution in [3.8, 4) is 0 Å². The van der Waals surface area contributed by atoms with Gasteiger partial charge in [0, 0.05) is 11.6 Å². The van der Waals surface area contributed by atoms with Crippen molar-refractivity contribution in [3.63, 3.8) is 0 Å². The molecule has 0 aromatic carbocycles. The molecule has 0 aromatic heterocycles. The fourth-order valence-corrected chi connectivity index (χ4v) is 3.75. The van der Waals surface area contributed by atoms with E-state index in [1.807, 2.05) is 0 Å². The van der Waals surface area contributed by atoms with Crippen LogP contribution in [0.25, 0.3) is 0 Å². The lowest BCUT2D eigenvalue weighted by molar-refractivity contribution is -0.125. The Morgan fingerprint density at radius 2 is 1.94 bits per heavy atom. The van der Waals surface area contributed by atoms with Crippen molar-refractivity contribution in [2.24, 2.45) is 22.9 Å². The summed E-state index contributed by atoms with van der Waals surface area (Å²) < 4.78 is 0. The van der Waals surface area contributed by atoms with E-state index in [0.717, 1.165) is 25.2 Å².